The van der Waals surface area contributed by atoms with Crippen molar-refractivity contribution in [2.45, 2.75) is 59.4 Å². The average Bonchev–Trinajstić information content (AvgIpc) is 3.17. The third-order valence-electron chi connectivity index (χ3n) is 5.67. The third kappa shape index (κ3) is 3.46. The second-order valence-corrected chi connectivity index (χ2v) is 7.81. The van der Waals surface area contributed by atoms with Crippen molar-refractivity contribution in [2.75, 3.05) is 5.32 Å². The maximum absolute atomic E-state index is 12.7. The van der Waals surface area contributed by atoms with Gasteiger partial charge in [-0.15, -0.1) is 10.2 Å². The topological polar surface area (TPSA) is 73.0 Å². The molecule has 1 fully saturated rings. The van der Waals surface area contributed by atoms with Crippen molar-refractivity contribution in [3.05, 3.63) is 52.7 Å². The second kappa shape index (κ2) is 7.26. The summed E-state index contributed by atoms with van der Waals surface area (Å²) in [6.45, 7) is 8.23. The molecule has 0 radical (unpaired) electrons. The van der Waals surface area contributed by atoms with Gasteiger partial charge >= 0.3 is 0 Å². The highest BCUT2D eigenvalue weighted by atomic mass is 16.4. The van der Waals surface area contributed by atoms with Crippen molar-refractivity contribution in [2.24, 2.45) is 0 Å². The fourth-order valence-corrected chi connectivity index (χ4v) is 3.63. The Morgan fingerprint density at radius 2 is 1.96 bits per heavy atom. The zero-order valence-electron chi connectivity index (χ0n) is 16.9. The van der Waals surface area contributed by atoms with Crippen LogP contribution in [0.2, 0.25) is 0 Å². The molecule has 3 aromatic rings. The van der Waals surface area contributed by atoms with E-state index >= 15 is 0 Å². The Balaban J connectivity index is 1.53. The number of amides is 1. The average molecular weight is 378 g/mol. The molecule has 2 aromatic heterocycles. The van der Waals surface area contributed by atoms with E-state index in [0.29, 0.717) is 11.8 Å². The van der Waals surface area contributed by atoms with E-state index in [1.165, 1.54) is 6.42 Å². The summed E-state index contributed by atoms with van der Waals surface area (Å²) < 4.78 is 7.91. The summed E-state index contributed by atoms with van der Waals surface area (Å²) >= 11 is 0. The summed E-state index contributed by atoms with van der Waals surface area (Å²) in [5.41, 5.74) is 5.87. The predicted molar refractivity (Wildman–Crippen MR) is 108 cm³/mol. The smallest absolute Gasteiger partial charge is 0.249 e. The number of nitrogens with zero attached hydrogens (tertiary/aromatic N) is 3. The maximum atomic E-state index is 12.7. The van der Waals surface area contributed by atoms with E-state index in [0.717, 1.165) is 52.5 Å². The lowest BCUT2D eigenvalue weighted by Gasteiger charge is -2.20. The number of benzene rings is 1. The molecule has 1 aliphatic rings. The van der Waals surface area contributed by atoms with Crippen molar-refractivity contribution >= 4 is 11.6 Å². The van der Waals surface area contributed by atoms with E-state index in [-0.39, 0.29) is 12.5 Å². The fourth-order valence-electron chi connectivity index (χ4n) is 3.63. The van der Waals surface area contributed by atoms with Gasteiger partial charge < -0.3 is 14.3 Å². The van der Waals surface area contributed by atoms with Gasteiger partial charge in [0, 0.05) is 23.0 Å². The van der Waals surface area contributed by atoms with Gasteiger partial charge in [-0.3, -0.25) is 4.79 Å². The largest absolute Gasteiger partial charge is 0.420 e. The molecular weight excluding hydrogens is 352 g/mol. The lowest BCUT2D eigenvalue weighted by atomic mass is 9.85. The van der Waals surface area contributed by atoms with Crippen LogP contribution in [-0.2, 0) is 11.3 Å². The minimum atomic E-state index is -0.0530. The molecule has 1 saturated carbocycles. The molecule has 0 atom stereocenters. The quantitative estimate of drug-likeness (QED) is 0.700. The molecule has 28 heavy (non-hydrogen) atoms. The number of hydrogen-bond donors (Lipinski definition) is 1. The standard InChI is InChI=1S/C22H26N4O2/c1-13-8-9-14(2)19(10-13)23-20(27)12-26-15(3)11-18(16(26)4)22-25-24-21(28-22)17-6-5-7-17/h8-11,17H,5-7,12H2,1-4H3,(H,23,27). The minimum Gasteiger partial charge on any atom is -0.420 e. The van der Waals surface area contributed by atoms with Crippen LogP contribution in [0.3, 0.4) is 0 Å². The molecule has 2 heterocycles. The summed E-state index contributed by atoms with van der Waals surface area (Å²) in [6.07, 6.45) is 3.48. The van der Waals surface area contributed by atoms with Crippen LogP contribution in [0, 0.1) is 27.7 Å². The second-order valence-electron chi connectivity index (χ2n) is 7.81. The highest BCUT2D eigenvalue weighted by Crippen LogP contribution is 2.37. The zero-order chi connectivity index (χ0) is 19.8. The Bertz CT molecular complexity index is 1030. The molecule has 1 amide bonds. The van der Waals surface area contributed by atoms with Gasteiger partial charge in [0.2, 0.25) is 17.7 Å². The van der Waals surface area contributed by atoms with Gasteiger partial charge in [-0.05, 0) is 63.8 Å². The normalized spacial score (nSPS) is 14.1. The van der Waals surface area contributed by atoms with Crippen LogP contribution in [0.5, 0.6) is 0 Å². The number of rotatable bonds is 5. The zero-order valence-corrected chi connectivity index (χ0v) is 16.9. The maximum Gasteiger partial charge on any atom is 0.249 e. The molecular formula is C22H26N4O2. The van der Waals surface area contributed by atoms with Crippen LogP contribution in [0.25, 0.3) is 11.5 Å². The molecule has 146 valence electrons. The summed E-state index contributed by atoms with van der Waals surface area (Å²) in [5, 5.41) is 11.5. The molecule has 0 bridgehead atoms. The lowest BCUT2D eigenvalue weighted by Crippen LogP contribution is -2.20. The van der Waals surface area contributed by atoms with Crippen LogP contribution >= 0.6 is 0 Å². The first-order chi connectivity index (χ1) is 13.4. The molecule has 6 nitrogen and oxygen atoms in total. The molecule has 1 aliphatic carbocycles. The van der Waals surface area contributed by atoms with E-state index in [9.17, 15) is 4.79 Å². The number of hydrogen-bond acceptors (Lipinski definition) is 4. The fraction of sp³-hybridized carbons (Fsp3) is 0.409. The SMILES string of the molecule is Cc1ccc(C)c(NC(=O)Cn2c(C)cc(-c3nnc(C4CCC4)o3)c2C)c1. The van der Waals surface area contributed by atoms with Crippen LogP contribution in [0.4, 0.5) is 5.69 Å². The number of carbonyl (C=O) groups is 1. The molecule has 1 N–H and O–H groups in total. The molecule has 0 aliphatic heterocycles. The van der Waals surface area contributed by atoms with Crippen molar-refractivity contribution in [1.29, 1.82) is 0 Å². The summed E-state index contributed by atoms with van der Waals surface area (Å²) in [6, 6.07) is 8.07. The number of anilines is 1. The van der Waals surface area contributed by atoms with Crippen molar-refractivity contribution in [3.8, 4) is 11.5 Å². The highest BCUT2D eigenvalue weighted by molar-refractivity contribution is 5.91. The Hall–Kier alpha value is -2.89. The Labute approximate surface area is 165 Å². The van der Waals surface area contributed by atoms with E-state index in [4.69, 9.17) is 4.42 Å². The molecule has 4 rings (SSSR count). The van der Waals surface area contributed by atoms with Gasteiger partial charge in [0.05, 0.1) is 5.56 Å². The van der Waals surface area contributed by atoms with Gasteiger partial charge in [-0.2, -0.15) is 0 Å². The first-order valence-electron chi connectivity index (χ1n) is 9.80. The third-order valence-corrected chi connectivity index (χ3v) is 5.67. The van der Waals surface area contributed by atoms with Crippen molar-refractivity contribution in [3.63, 3.8) is 0 Å². The molecule has 0 spiro atoms. The predicted octanol–water partition coefficient (Wildman–Crippen LogP) is 4.68. The summed E-state index contributed by atoms with van der Waals surface area (Å²) in [7, 11) is 0. The molecule has 0 saturated heterocycles. The van der Waals surface area contributed by atoms with E-state index in [1.54, 1.807) is 0 Å². The van der Waals surface area contributed by atoms with Crippen LogP contribution in [0.15, 0.2) is 28.7 Å². The lowest BCUT2D eigenvalue weighted by molar-refractivity contribution is -0.116. The van der Waals surface area contributed by atoms with Gasteiger partial charge in [0.1, 0.15) is 6.54 Å². The number of aromatic nitrogens is 3. The first kappa shape index (κ1) is 18.5. The van der Waals surface area contributed by atoms with Crippen molar-refractivity contribution in [1.82, 2.24) is 14.8 Å². The highest BCUT2D eigenvalue weighted by Gasteiger charge is 2.26. The molecule has 6 heteroatoms. The summed E-state index contributed by atoms with van der Waals surface area (Å²) in [4.78, 5) is 12.7. The van der Waals surface area contributed by atoms with Crippen molar-refractivity contribution < 1.29 is 9.21 Å². The van der Waals surface area contributed by atoms with E-state index < -0.39 is 0 Å². The van der Waals surface area contributed by atoms with Gasteiger partial charge in [0.15, 0.2) is 0 Å². The van der Waals surface area contributed by atoms with Crippen LogP contribution in [0.1, 0.15) is 53.6 Å². The monoisotopic (exact) mass is 378 g/mol. The number of nitrogens with one attached hydrogen (secondary N) is 1. The minimum absolute atomic E-state index is 0.0530. The Kier molecular flexibility index (Phi) is 4.79. The van der Waals surface area contributed by atoms with Gasteiger partial charge in [-0.1, -0.05) is 18.6 Å². The molecule has 1 aromatic carbocycles. The first-order valence-corrected chi connectivity index (χ1v) is 9.80. The van der Waals surface area contributed by atoms with E-state index in [1.807, 2.05) is 56.5 Å². The van der Waals surface area contributed by atoms with Gasteiger partial charge in [-0.25, -0.2) is 0 Å². The van der Waals surface area contributed by atoms with E-state index in [2.05, 4.69) is 15.5 Å². The van der Waals surface area contributed by atoms with Gasteiger partial charge in [0.25, 0.3) is 0 Å². The Morgan fingerprint density at radius 1 is 1.18 bits per heavy atom. The summed E-state index contributed by atoms with van der Waals surface area (Å²) in [5.74, 6) is 1.63. The molecule has 0 unspecified atom stereocenters. The number of carbonyl (C=O) groups excluding carboxylic acids is 1. The van der Waals surface area contributed by atoms with Crippen LogP contribution in [-0.4, -0.2) is 20.7 Å². The Morgan fingerprint density at radius 3 is 2.68 bits per heavy atom. The number of aryl methyl sites for hydroxylation is 3. The van der Waals surface area contributed by atoms with Crippen LogP contribution < -0.4 is 5.32 Å².